The first-order valence-electron chi connectivity index (χ1n) is 6.65. The van der Waals surface area contributed by atoms with E-state index in [-0.39, 0.29) is 18.3 Å². The highest BCUT2D eigenvalue weighted by Crippen LogP contribution is 2.20. The maximum Gasteiger partial charge on any atom is 0.257 e. The Kier molecular flexibility index (Phi) is 7.12. The second-order valence-corrected chi connectivity index (χ2v) is 4.49. The summed E-state index contributed by atoms with van der Waals surface area (Å²) in [6.45, 7) is 7.39. The minimum absolute atomic E-state index is 0. The normalized spacial score (nSPS) is 14.9. The fourth-order valence-corrected chi connectivity index (χ4v) is 2.14. The summed E-state index contributed by atoms with van der Waals surface area (Å²) in [5.74, 6) is 0.674. The lowest BCUT2D eigenvalue weighted by Crippen LogP contribution is -2.34. The maximum atomic E-state index is 12.5. The van der Waals surface area contributed by atoms with Gasteiger partial charge in [-0.1, -0.05) is 24.8 Å². The molecule has 0 atom stereocenters. The number of ether oxygens (including phenoxy) is 1. The molecule has 1 amide bonds. The second-order valence-electron chi connectivity index (χ2n) is 4.49. The second kappa shape index (κ2) is 8.61. The van der Waals surface area contributed by atoms with Crippen LogP contribution in [0.5, 0.6) is 5.75 Å². The molecule has 1 aromatic rings. The van der Waals surface area contributed by atoms with E-state index in [9.17, 15) is 4.79 Å². The lowest BCUT2D eigenvalue weighted by atomic mass is 10.1. The molecule has 0 saturated carbocycles. The van der Waals surface area contributed by atoms with Gasteiger partial charge in [-0.3, -0.25) is 4.79 Å². The van der Waals surface area contributed by atoms with Crippen molar-refractivity contribution >= 4 is 18.3 Å². The van der Waals surface area contributed by atoms with Gasteiger partial charge in [-0.2, -0.15) is 0 Å². The van der Waals surface area contributed by atoms with E-state index in [4.69, 9.17) is 4.74 Å². The summed E-state index contributed by atoms with van der Waals surface area (Å²) in [6, 6.07) is 7.38. The molecule has 2 rings (SSSR count). The molecule has 0 unspecified atom stereocenters. The number of nitrogens with zero attached hydrogens (tertiary/aromatic N) is 1. The van der Waals surface area contributed by atoms with Gasteiger partial charge in [0.05, 0.1) is 5.56 Å². The fourth-order valence-electron chi connectivity index (χ4n) is 2.14. The highest BCUT2D eigenvalue weighted by atomic mass is 35.5. The first-order valence-corrected chi connectivity index (χ1v) is 6.65. The van der Waals surface area contributed by atoms with Crippen LogP contribution in [0.4, 0.5) is 0 Å². The highest BCUT2D eigenvalue weighted by Gasteiger charge is 2.20. The molecule has 1 aliphatic heterocycles. The molecule has 0 aliphatic carbocycles. The zero-order chi connectivity index (χ0) is 13.5. The van der Waals surface area contributed by atoms with Crippen LogP contribution in [0, 0.1) is 0 Å². The Balaban J connectivity index is 0.00000200. The van der Waals surface area contributed by atoms with Crippen LogP contribution in [0.2, 0.25) is 0 Å². The molecule has 1 fully saturated rings. The van der Waals surface area contributed by atoms with E-state index < -0.39 is 0 Å². The summed E-state index contributed by atoms with van der Waals surface area (Å²) in [6.07, 6.45) is 2.67. The summed E-state index contributed by atoms with van der Waals surface area (Å²) < 4.78 is 5.55. The van der Waals surface area contributed by atoms with Gasteiger partial charge in [0.2, 0.25) is 0 Å². The van der Waals surface area contributed by atoms with Gasteiger partial charge < -0.3 is 15.0 Å². The number of rotatable bonds is 4. The molecule has 0 radical (unpaired) electrons. The lowest BCUT2D eigenvalue weighted by Gasteiger charge is -2.21. The van der Waals surface area contributed by atoms with Gasteiger partial charge in [-0.05, 0) is 25.1 Å². The fraction of sp³-hybridized carbons (Fsp3) is 0.400. The number of amides is 1. The summed E-state index contributed by atoms with van der Waals surface area (Å²) >= 11 is 0. The number of carbonyl (C=O) groups is 1. The molecule has 20 heavy (non-hydrogen) atoms. The number of carbonyl (C=O) groups excluding carboxylic acids is 1. The van der Waals surface area contributed by atoms with Crippen LogP contribution in [-0.4, -0.2) is 43.6 Å². The topological polar surface area (TPSA) is 41.6 Å². The minimum Gasteiger partial charge on any atom is -0.489 e. The summed E-state index contributed by atoms with van der Waals surface area (Å²) in [5.41, 5.74) is 0.631. The Labute approximate surface area is 126 Å². The molecule has 0 aromatic heterocycles. The van der Waals surface area contributed by atoms with Crippen LogP contribution < -0.4 is 10.1 Å². The molecule has 1 heterocycles. The van der Waals surface area contributed by atoms with Crippen LogP contribution in [0.3, 0.4) is 0 Å². The number of hydrogen-bond donors (Lipinski definition) is 1. The largest absolute Gasteiger partial charge is 0.489 e. The Morgan fingerprint density at radius 2 is 2.15 bits per heavy atom. The minimum atomic E-state index is 0. The molecule has 4 nitrogen and oxygen atoms in total. The quantitative estimate of drug-likeness (QED) is 0.865. The van der Waals surface area contributed by atoms with Crippen LogP contribution in [-0.2, 0) is 0 Å². The van der Waals surface area contributed by atoms with E-state index in [1.807, 2.05) is 29.2 Å². The van der Waals surface area contributed by atoms with Crippen LogP contribution in [0.15, 0.2) is 36.9 Å². The highest BCUT2D eigenvalue weighted by molar-refractivity contribution is 5.97. The molecule has 110 valence electrons. The number of benzene rings is 1. The van der Waals surface area contributed by atoms with Gasteiger partial charge in [0, 0.05) is 19.6 Å². The lowest BCUT2D eigenvalue weighted by molar-refractivity contribution is 0.0762. The van der Waals surface area contributed by atoms with Crippen molar-refractivity contribution in [2.24, 2.45) is 0 Å². The molecule has 1 aromatic carbocycles. The third-order valence-electron chi connectivity index (χ3n) is 3.10. The van der Waals surface area contributed by atoms with Crippen LogP contribution >= 0.6 is 12.4 Å². The third kappa shape index (κ3) is 4.25. The zero-order valence-electron chi connectivity index (χ0n) is 11.5. The maximum absolute atomic E-state index is 12.5. The van der Waals surface area contributed by atoms with E-state index >= 15 is 0 Å². The predicted octanol–water partition coefficient (Wildman–Crippen LogP) is 2.11. The van der Waals surface area contributed by atoms with Crippen LogP contribution in [0.1, 0.15) is 16.8 Å². The Morgan fingerprint density at radius 3 is 2.95 bits per heavy atom. The van der Waals surface area contributed by atoms with Crippen LogP contribution in [0.25, 0.3) is 0 Å². The number of para-hydroxylation sites is 1. The smallest absolute Gasteiger partial charge is 0.257 e. The standard InChI is InChI=1S/C15H20N2O2.ClH/c1-2-12-19-14-7-4-3-6-13(14)15(18)17-10-5-8-16-9-11-17;/h2-4,6-7,16H,1,5,8-12H2;1H. The summed E-state index contributed by atoms with van der Waals surface area (Å²) in [7, 11) is 0. The summed E-state index contributed by atoms with van der Waals surface area (Å²) in [5, 5.41) is 3.29. The van der Waals surface area contributed by atoms with Gasteiger partial charge in [-0.25, -0.2) is 0 Å². The molecular weight excluding hydrogens is 276 g/mol. The van der Waals surface area contributed by atoms with Gasteiger partial charge in [0.1, 0.15) is 12.4 Å². The first-order chi connectivity index (χ1) is 9.33. The van der Waals surface area contributed by atoms with Gasteiger partial charge in [-0.15, -0.1) is 12.4 Å². The monoisotopic (exact) mass is 296 g/mol. The molecule has 0 bridgehead atoms. The van der Waals surface area contributed by atoms with Gasteiger partial charge in [0.15, 0.2) is 0 Å². The van der Waals surface area contributed by atoms with E-state index in [0.717, 1.165) is 32.6 Å². The van der Waals surface area contributed by atoms with Crippen molar-refractivity contribution in [2.45, 2.75) is 6.42 Å². The molecule has 1 N–H and O–H groups in total. The Morgan fingerprint density at radius 1 is 1.35 bits per heavy atom. The molecule has 0 spiro atoms. The zero-order valence-corrected chi connectivity index (χ0v) is 12.3. The Bertz CT molecular complexity index is 443. The van der Waals surface area contributed by atoms with E-state index in [2.05, 4.69) is 11.9 Å². The van der Waals surface area contributed by atoms with Crippen molar-refractivity contribution in [3.63, 3.8) is 0 Å². The number of nitrogens with one attached hydrogen (secondary N) is 1. The van der Waals surface area contributed by atoms with Gasteiger partial charge >= 0.3 is 0 Å². The molecule has 5 heteroatoms. The van der Waals surface area contributed by atoms with E-state index in [1.54, 1.807) is 6.08 Å². The number of halogens is 1. The molecule has 1 aliphatic rings. The van der Waals surface area contributed by atoms with Crippen molar-refractivity contribution in [1.82, 2.24) is 10.2 Å². The molecule has 1 saturated heterocycles. The predicted molar refractivity (Wildman–Crippen MR) is 82.8 cm³/mol. The summed E-state index contributed by atoms with van der Waals surface area (Å²) in [4.78, 5) is 14.4. The third-order valence-corrected chi connectivity index (χ3v) is 3.10. The van der Waals surface area contributed by atoms with Crippen molar-refractivity contribution in [3.05, 3.63) is 42.5 Å². The van der Waals surface area contributed by atoms with Crippen molar-refractivity contribution in [3.8, 4) is 5.75 Å². The average molecular weight is 297 g/mol. The first kappa shape index (κ1) is 16.5. The van der Waals surface area contributed by atoms with Crippen molar-refractivity contribution < 1.29 is 9.53 Å². The number of hydrogen-bond acceptors (Lipinski definition) is 3. The molecular formula is C15H21ClN2O2. The van der Waals surface area contributed by atoms with Crippen molar-refractivity contribution in [1.29, 1.82) is 0 Å². The van der Waals surface area contributed by atoms with Gasteiger partial charge in [0.25, 0.3) is 5.91 Å². The van der Waals surface area contributed by atoms with Crippen molar-refractivity contribution in [2.75, 3.05) is 32.8 Å². The van der Waals surface area contributed by atoms with E-state index in [1.165, 1.54) is 0 Å². The average Bonchev–Trinajstić information content (AvgIpc) is 2.73. The van der Waals surface area contributed by atoms with E-state index in [0.29, 0.717) is 17.9 Å². The Hall–Kier alpha value is -1.52. The SMILES string of the molecule is C=CCOc1ccccc1C(=O)N1CCCNCC1.Cl.